The van der Waals surface area contributed by atoms with Crippen molar-refractivity contribution in [2.45, 2.75) is 37.9 Å². The highest BCUT2D eigenvalue weighted by molar-refractivity contribution is 5.95. The Hall–Kier alpha value is -3.41. The van der Waals surface area contributed by atoms with Crippen molar-refractivity contribution in [3.05, 3.63) is 77.4 Å². The van der Waals surface area contributed by atoms with E-state index in [1.165, 1.54) is 12.1 Å². The number of carbonyl (C=O) groups is 1. The van der Waals surface area contributed by atoms with Gasteiger partial charge in [-0.2, -0.15) is 0 Å². The third-order valence-corrected chi connectivity index (χ3v) is 6.31. The van der Waals surface area contributed by atoms with Crippen LogP contribution in [0.2, 0.25) is 0 Å². The van der Waals surface area contributed by atoms with Gasteiger partial charge in [0.05, 0.1) is 12.5 Å². The van der Waals surface area contributed by atoms with E-state index in [9.17, 15) is 13.6 Å². The van der Waals surface area contributed by atoms with Crippen molar-refractivity contribution in [3.8, 4) is 28.4 Å². The number of rotatable bonds is 6. The standard InChI is InChI=1S/C26H22F2O4/c1-16-3-4-17(13-21(16)18-5-8-20(30-2)9-6-18)14-24(29)25(11-12-25)19-7-10-22-23(15-19)32-26(27,28)31-22/h3-10,13,15H,11-12,14H2,1-2H3. The smallest absolute Gasteiger partial charge is 0.497 e. The monoisotopic (exact) mass is 436 g/mol. The number of hydrogen-bond acceptors (Lipinski definition) is 4. The van der Waals surface area contributed by atoms with Gasteiger partial charge in [-0.3, -0.25) is 4.79 Å². The van der Waals surface area contributed by atoms with Crippen molar-refractivity contribution >= 4 is 5.78 Å². The van der Waals surface area contributed by atoms with E-state index < -0.39 is 11.7 Å². The summed E-state index contributed by atoms with van der Waals surface area (Å²) in [6.07, 6.45) is -2.01. The fourth-order valence-corrected chi connectivity index (χ4v) is 4.32. The maximum Gasteiger partial charge on any atom is 0.586 e. The Bertz CT molecular complexity index is 1200. The summed E-state index contributed by atoms with van der Waals surface area (Å²) in [4.78, 5) is 13.3. The predicted molar refractivity (Wildman–Crippen MR) is 115 cm³/mol. The Balaban J connectivity index is 1.38. The maximum absolute atomic E-state index is 13.4. The van der Waals surface area contributed by atoms with Crippen LogP contribution >= 0.6 is 0 Å². The van der Waals surface area contributed by atoms with Gasteiger partial charge in [0.15, 0.2) is 11.5 Å². The molecular formula is C26H22F2O4. The topological polar surface area (TPSA) is 44.8 Å². The number of methoxy groups -OCH3 is 1. The molecule has 1 saturated carbocycles. The molecule has 2 aliphatic rings. The van der Waals surface area contributed by atoms with Gasteiger partial charge >= 0.3 is 6.29 Å². The molecule has 1 aliphatic carbocycles. The lowest BCUT2D eigenvalue weighted by Gasteiger charge is -2.16. The second-order valence-corrected chi connectivity index (χ2v) is 8.39. The van der Waals surface area contributed by atoms with Gasteiger partial charge in [0.25, 0.3) is 0 Å². The normalized spacial score (nSPS) is 17.1. The zero-order valence-electron chi connectivity index (χ0n) is 17.8. The minimum atomic E-state index is -3.67. The van der Waals surface area contributed by atoms with Crippen LogP contribution < -0.4 is 14.2 Å². The number of hydrogen-bond donors (Lipinski definition) is 0. The first-order valence-electron chi connectivity index (χ1n) is 10.5. The number of halogens is 2. The van der Waals surface area contributed by atoms with Crippen LogP contribution in [-0.4, -0.2) is 19.2 Å². The molecule has 0 aromatic heterocycles. The second-order valence-electron chi connectivity index (χ2n) is 8.39. The third kappa shape index (κ3) is 3.60. The van der Waals surface area contributed by atoms with Crippen LogP contribution in [0.25, 0.3) is 11.1 Å². The number of benzene rings is 3. The van der Waals surface area contributed by atoms with Gasteiger partial charge in [0.1, 0.15) is 11.5 Å². The Morgan fingerprint density at radius 3 is 2.38 bits per heavy atom. The third-order valence-electron chi connectivity index (χ3n) is 6.31. The molecule has 0 amide bonds. The molecule has 1 heterocycles. The Morgan fingerprint density at radius 2 is 1.69 bits per heavy atom. The van der Waals surface area contributed by atoms with E-state index in [4.69, 9.17) is 4.74 Å². The molecule has 32 heavy (non-hydrogen) atoms. The summed E-state index contributed by atoms with van der Waals surface area (Å²) in [6, 6.07) is 18.5. The van der Waals surface area contributed by atoms with E-state index in [1.54, 1.807) is 13.2 Å². The van der Waals surface area contributed by atoms with E-state index in [-0.39, 0.29) is 23.7 Å². The van der Waals surface area contributed by atoms with Crippen LogP contribution in [0.15, 0.2) is 60.7 Å². The van der Waals surface area contributed by atoms with Crippen LogP contribution in [0.4, 0.5) is 8.78 Å². The number of ether oxygens (including phenoxy) is 3. The predicted octanol–water partition coefficient (Wildman–Crippen LogP) is 5.84. The summed E-state index contributed by atoms with van der Waals surface area (Å²) in [5.41, 5.74) is 4.20. The molecule has 5 rings (SSSR count). The van der Waals surface area contributed by atoms with E-state index in [2.05, 4.69) is 9.47 Å². The minimum Gasteiger partial charge on any atom is -0.497 e. The van der Waals surface area contributed by atoms with Crippen molar-refractivity contribution in [3.63, 3.8) is 0 Å². The van der Waals surface area contributed by atoms with Crippen LogP contribution in [0, 0.1) is 6.92 Å². The highest BCUT2D eigenvalue weighted by Gasteiger charge is 2.52. The Labute approximate surface area is 184 Å². The SMILES string of the molecule is COc1ccc(-c2cc(CC(=O)C3(c4ccc5c(c4)OC(F)(F)O5)CC3)ccc2C)cc1. The summed E-state index contributed by atoms with van der Waals surface area (Å²) < 4.78 is 41.0. The average Bonchev–Trinajstić information content (AvgIpc) is 3.52. The summed E-state index contributed by atoms with van der Waals surface area (Å²) in [5.74, 6) is 0.830. The van der Waals surface area contributed by atoms with Crippen molar-refractivity contribution in [2.75, 3.05) is 7.11 Å². The van der Waals surface area contributed by atoms with Crippen molar-refractivity contribution in [1.29, 1.82) is 0 Å². The van der Waals surface area contributed by atoms with Crippen molar-refractivity contribution in [1.82, 2.24) is 0 Å². The maximum atomic E-state index is 13.4. The Morgan fingerprint density at radius 1 is 0.969 bits per heavy atom. The number of aryl methyl sites for hydroxylation is 1. The number of carbonyl (C=O) groups excluding carboxylic acids is 1. The van der Waals surface area contributed by atoms with Gasteiger partial charge in [-0.1, -0.05) is 36.4 Å². The fraction of sp³-hybridized carbons (Fsp3) is 0.269. The molecule has 164 valence electrons. The first-order chi connectivity index (χ1) is 15.3. The summed E-state index contributed by atoms with van der Waals surface area (Å²) in [5, 5.41) is 0. The second kappa shape index (κ2) is 7.33. The first kappa shape index (κ1) is 20.5. The number of fused-ring (bicyclic) bond motifs is 1. The van der Waals surface area contributed by atoms with E-state index in [0.29, 0.717) is 18.4 Å². The molecule has 3 aromatic carbocycles. The van der Waals surface area contributed by atoms with Crippen LogP contribution in [0.1, 0.15) is 29.5 Å². The molecule has 0 saturated heterocycles. The molecule has 1 aliphatic heterocycles. The van der Waals surface area contributed by atoms with Gasteiger partial charge in [-0.25, -0.2) is 0 Å². The summed E-state index contributed by atoms with van der Waals surface area (Å²) in [6.45, 7) is 2.04. The van der Waals surface area contributed by atoms with Gasteiger partial charge in [-0.15, -0.1) is 8.78 Å². The molecule has 0 atom stereocenters. The molecule has 0 N–H and O–H groups in total. The molecule has 0 bridgehead atoms. The van der Waals surface area contributed by atoms with Crippen molar-refractivity contribution < 1.29 is 27.8 Å². The largest absolute Gasteiger partial charge is 0.586 e. The first-order valence-corrected chi connectivity index (χ1v) is 10.5. The quantitative estimate of drug-likeness (QED) is 0.487. The molecule has 4 nitrogen and oxygen atoms in total. The Kier molecular flexibility index (Phi) is 4.69. The highest BCUT2D eigenvalue weighted by atomic mass is 19.3. The highest BCUT2D eigenvalue weighted by Crippen LogP contribution is 2.52. The van der Waals surface area contributed by atoms with E-state index in [1.807, 2.05) is 49.4 Å². The molecule has 3 aromatic rings. The molecule has 0 spiro atoms. The zero-order chi connectivity index (χ0) is 22.5. The van der Waals surface area contributed by atoms with E-state index >= 15 is 0 Å². The zero-order valence-corrected chi connectivity index (χ0v) is 17.8. The van der Waals surface area contributed by atoms with Gasteiger partial charge in [-0.05, 0) is 71.8 Å². The summed E-state index contributed by atoms with van der Waals surface area (Å²) in [7, 11) is 1.63. The average molecular weight is 436 g/mol. The lowest BCUT2D eigenvalue weighted by Crippen LogP contribution is -2.26. The van der Waals surface area contributed by atoms with Gasteiger partial charge < -0.3 is 14.2 Å². The van der Waals surface area contributed by atoms with Crippen LogP contribution in [-0.2, 0) is 16.6 Å². The molecule has 0 unspecified atom stereocenters. The van der Waals surface area contributed by atoms with Crippen LogP contribution in [0.5, 0.6) is 17.2 Å². The number of Topliss-reactive ketones (excluding diaryl/α,β-unsaturated/α-hetero) is 1. The number of alkyl halides is 2. The van der Waals surface area contributed by atoms with Gasteiger partial charge in [0.2, 0.25) is 0 Å². The minimum absolute atomic E-state index is 0.00957. The lowest BCUT2D eigenvalue weighted by atomic mass is 9.87. The lowest BCUT2D eigenvalue weighted by molar-refractivity contribution is -0.286. The van der Waals surface area contributed by atoms with E-state index in [0.717, 1.165) is 28.0 Å². The summed E-state index contributed by atoms with van der Waals surface area (Å²) >= 11 is 0. The molecule has 1 fully saturated rings. The van der Waals surface area contributed by atoms with Crippen LogP contribution in [0.3, 0.4) is 0 Å². The van der Waals surface area contributed by atoms with Crippen molar-refractivity contribution in [2.24, 2.45) is 0 Å². The van der Waals surface area contributed by atoms with Gasteiger partial charge in [0, 0.05) is 6.42 Å². The molecule has 0 radical (unpaired) electrons. The fourth-order valence-electron chi connectivity index (χ4n) is 4.32. The molecular weight excluding hydrogens is 414 g/mol. The number of ketones is 1. The molecule has 6 heteroatoms.